The van der Waals surface area contributed by atoms with Crippen LogP contribution in [0.15, 0.2) is 78.9 Å². The summed E-state index contributed by atoms with van der Waals surface area (Å²) >= 11 is 0. The monoisotopic (exact) mass is 460 g/mol. The minimum atomic E-state index is -0.755. The van der Waals surface area contributed by atoms with Gasteiger partial charge in [-0.15, -0.1) is 0 Å². The highest BCUT2D eigenvalue weighted by Crippen LogP contribution is 2.19. The second-order valence-electron chi connectivity index (χ2n) is 8.97. The van der Waals surface area contributed by atoms with Gasteiger partial charge in [-0.05, 0) is 44.4 Å². The van der Waals surface area contributed by atoms with Crippen molar-refractivity contribution in [1.29, 1.82) is 0 Å². The van der Waals surface area contributed by atoms with Crippen LogP contribution in [0, 0.1) is 12.7 Å². The number of hydrogen-bond acceptors (Lipinski definition) is 2. The number of nitrogens with zero attached hydrogens (tertiary/aromatic N) is 1. The Hall–Kier alpha value is -3.47. The normalized spacial score (nSPS) is 11.8. The van der Waals surface area contributed by atoms with Crippen LogP contribution >= 0.6 is 0 Å². The first-order valence-electron chi connectivity index (χ1n) is 11.8. The molecule has 0 aliphatic carbocycles. The molecule has 0 spiro atoms. The van der Waals surface area contributed by atoms with Crippen molar-refractivity contribution >= 4 is 11.8 Å². The number of nitrogens with one attached hydrogen (secondary N) is 1. The lowest BCUT2D eigenvalue weighted by atomic mass is 10.0. The Labute approximate surface area is 201 Å². The summed E-state index contributed by atoms with van der Waals surface area (Å²) in [6, 6.07) is 23.2. The summed E-state index contributed by atoms with van der Waals surface area (Å²) in [5, 5.41) is 2.95. The van der Waals surface area contributed by atoms with E-state index < -0.39 is 6.04 Å². The van der Waals surface area contributed by atoms with E-state index in [1.807, 2.05) is 75.4 Å². The van der Waals surface area contributed by atoms with Gasteiger partial charge in [-0.1, -0.05) is 78.4 Å². The van der Waals surface area contributed by atoms with Crippen LogP contribution in [0.4, 0.5) is 4.39 Å². The molecule has 0 bridgehead atoms. The highest BCUT2D eigenvalue weighted by molar-refractivity contribution is 5.88. The zero-order chi connectivity index (χ0) is 24.5. The van der Waals surface area contributed by atoms with E-state index in [9.17, 15) is 14.0 Å². The fourth-order valence-corrected chi connectivity index (χ4v) is 3.89. The van der Waals surface area contributed by atoms with Crippen molar-refractivity contribution in [3.8, 4) is 0 Å². The molecule has 0 aliphatic rings. The minimum absolute atomic E-state index is 0.0302. The molecule has 0 aromatic heterocycles. The van der Waals surface area contributed by atoms with Crippen molar-refractivity contribution in [2.75, 3.05) is 0 Å². The summed E-state index contributed by atoms with van der Waals surface area (Å²) in [5.74, 6) is -0.802. The molecular weight excluding hydrogens is 427 g/mol. The van der Waals surface area contributed by atoms with E-state index >= 15 is 0 Å². The van der Waals surface area contributed by atoms with E-state index in [1.54, 1.807) is 18.2 Å². The molecule has 0 aliphatic heterocycles. The van der Waals surface area contributed by atoms with Gasteiger partial charge in [0.25, 0.3) is 0 Å². The molecule has 2 amide bonds. The van der Waals surface area contributed by atoms with Crippen LogP contribution in [0.3, 0.4) is 0 Å². The fourth-order valence-electron chi connectivity index (χ4n) is 3.89. The van der Waals surface area contributed by atoms with Gasteiger partial charge in [-0.3, -0.25) is 9.59 Å². The molecule has 0 saturated heterocycles. The van der Waals surface area contributed by atoms with E-state index in [2.05, 4.69) is 5.32 Å². The van der Waals surface area contributed by atoms with Gasteiger partial charge in [0.2, 0.25) is 11.8 Å². The first-order chi connectivity index (χ1) is 16.3. The lowest BCUT2D eigenvalue weighted by molar-refractivity contribution is -0.141. The second kappa shape index (κ2) is 12.1. The zero-order valence-corrected chi connectivity index (χ0v) is 20.1. The average Bonchev–Trinajstić information content (AvgIpc) is 2.82. The maximum Gasteiger partial charge on any atom is 0.243 e. The number of halogens is 1. The van der Waals surface area contributed by atoms with E-state index in [0.29, 0.717) is 18.4 Å². The topological polar surface area (TPSA) is 49.4 Å². The molecule has 0 heterocycles. The molecule has 178 valence electrons. The van der Waals surface area contributed by atoms with Crippen LogP contribution in [0.1, 0.15) is 42.5 Å². The third-order valence-corrected chi connectivity index (χ3v) is 5.75. The van der Waals surface area contributed by atoms with Gasteiger partial charge in [0.05, 0.1) is 0 Å². The van der Waals surface area contributed by atoms with Gasteiger partial charge in [-0.25, -0.2) is 4.39 Å². The molecule has 4 nitrogen and oxygen atoms in total. The third-order valence-electron chi connectivity index (χ3n) is 5.75. The molecule has 3 aromatic carbocycles. The molecule has 0 radical (unpaired) electrons. The molecule has 1 N–H and O–H groups in total. The predicted molar refractivity (Wildman–Crippen MR) is 134 cm³/mol. The van der Waals surface area contributed by atoms with Gasteiger partial charge in [0.15, 0.2) is 0 Å². The lowest BCUT2D eigenvalue weighted by Gasteiger charge is -2.32. The number of rotatable bonds is 10. The third kappa shape index (κ3) is 7.27. The lowest BCUT2D eigenvalue weighted by Crippen LogP contribution is -2.52. The summed E-state index contributed by atoms with van der Waals surface area (Å²) in [6.07, 6.45) is 1.14. The second-order valence-corrected chi connectivity index (χ2v) is 8.97. The van der Waals surface area contributed by atoms with Gasteiger partial charge in [0.1, 0.15) is 11.9 Å². The van der Waals surface area contributed by atoms with Crippen molar-refractivity contribution in [3.05, 3.63) is 107 Å². The number of carbonyl (C=O) groups is 2. The Morgan fingerprint density at radius 3 is 2.18 bits per heavy atom. The van der Waals surface area contributed by atoms with Crippen molar-refractivity contribution in [3.63, 3.8) is 0 Å². The Morgan fingerprint density at radius 1 is 0.882 bits per heavy atom. The molecule has 34 heavy (non-hydrogen) atoms. The molecule has 5 heteroatoms. The Balaban J connectivity index is 1.91. The number of aryl methyl sites for hydroxylation is 2. The molecule has 3 aromatic rings. The van der Waals surface area contributed by atoms with Crippen LogP contribution in [0.5, 0.6) is 0 Å². The van der Waals surface area contributed by atoms with Gasteiger partial charge < -0.3 is 10.2 Å². The number of amides is 2. The largest absolute Gasteiger partial charge is 0.352 e. The number of hydrogen-bond donors (Lipinski definition) is 1. The van der Waals surface area contributed by atoms with E-state index in [-0.39, 0.29) is 36.6 Å². The van der Waals surface area contributed by atoms with Gasteiger partial charge in [-0.2, -0.15) is 0 Å². The van der Waals surface area contributed by atoms with Crippen LogP contribution in [-0.4, -0.2) is 28.8 Å². The minimum Gasteiger partial charge on any atom is -0.352 e. The van der Waals surface area contributed by atoms with Gasteiger partial charge in [0, 0.05) is 31.0 Å². The summed E-state index contributed by atoms with van der Waals surface area (Å²) in [6.45, 7) is 5.82. The van der Waals surface area contributed by atoms with E-state index in [0.717, 1.165) is 16.7 Å². The predicted octanol–water partition coefficient (Wildman–Crippen LogP) is 5.23. The fraction of sp³-hybridized carbons (Fsp3) is 0.310. The summed E-state index contributed by atoms with van der Waals surface area (Å²) < 4.78 is 14.6. The van der Waals surface area contributed by atoms with Crippen LogP contribution in [0.25, 0.3) is 0 Å². The van der Waals surface area contributed by atoms with E-state index in [4.69, 9.17) is 0 Å². The Bertz CT molecular complexity index is 1080. The van der Waals surface area contributed by atoms with Crippen LogP contribution in [0.2, 0.25) is 0 Å². The van der Waals surface area contributed by atoms with Gasteiger partial charge >= 0.3 is 0 Å². The molecule has 0 fully saturated rings. The smallest absolute Gasteiger partial charge is 0.243 e. The van der Waals surface area contributed by atoms with Crippen molar-refractivity contribution in [2.24, 2.45) is 0 Å². The molecular formula is C29H33FN2O2. The summed E-state index contributed by atoms with van der Waals surface area (Å²) in [7, 11) is 0. The van der Waals surface area contributed by atoms with E-state index in [1.165, 1.54) is 11.0 Å². The summed E-state index contributed by atoms with van der Waals surface area (Å²) in [5.41, 5.74) is 3.54. The first kappa shape index (κ1) is 25.2. The molecule has 1 atom stereocenters. The maximum atomic E-state index is 14.6. The standard InChI is InChI=1S/C29H33FN2O2/c1-21(2)31-29(34)27(19-24-9-5-4-6-10-24)32(20-25-11-7-8-12-26(25)30)28(33)18-17-23-15-13-22(3)14-16-23/h4-16,21,27H,17-20H2,1-3H3,(H,31,34). The SMILES string of the molecule is Cc1ccc(CCC(=O)N(Cc2ccccc2F)C(Cc2ccccc2)C(=O)NC(C)C)cc1. The van der Waals surface area contributed by atoms with Crippen LogP contribution in [-0.2, 0) is 29.0 Å². The van der Waals surface area contributed by atoms with Crippen molar-refractivity contribution in [2.45, 2.75) is 58.7 Å². The van der Waals surface area contributed by atoms with Crippen LogP contribution < -0.4 is 5.32 Å². The highest BCUT2D eigenvalue weighted by atomic mass is 19.1. The summed E-state index contributed by atoms with van der Waals surface area (Å²) in [4.78, 5) is 28.4. The van der Waals surface area contributed by atoms with Crippen molar-refractivity contribution in [1.82, 2.24) is 10.2 Å². The molecule has 3 rings (SSSR count). The average molecular weight is 461 g/mol. The first-order valence-corrected chi connectivity index (χ1v) is 11.8. The Morgan fingerprint density at radius 2 is 1.53 bits per heavy atom. The maximum absolute atomic E-state index is 14.6. The zero-order valence-electron chi connectivity index (χ0n) is 20.1. The number of carbonyl (C=O) groups excluding carboxylic acids is 2. The Kier molecular flexibility index (Phi) is 8.97. The van der Waals surface area contributed by atoms with Crippen molar-refractivity contribution < 1.29 is 14.0 Å². The molecule has 1 unspecified atom stereocenters. The molecule has 0 saturated carbocycles. The highest BCUT2D eigenvalue weighted by Gasteiger charge is 2.31. The quantitative estimate of drug-likeness (QED) is 0.450. The number of benzene rings is 3.